The van der Waals surface area contributed by atoms with Crippen LogP contribution in [0.2, 0.25) is 0 Å². The lowest BCUT2D eigenvalue weighted by molar-refractivity contribution is -0.116. The SMILES string of the molecule is CCc1ccc(N(CCCC(=O)Nc2ccc(N3CCOCC3)cc2)S(C)(=O)=O)cc1. The number of sulfonamides is 1. The standard InChI is InChI=1S/C23H31N3O4S/c1-3-19-6-10-22(11-7-19)26(31(2,28)29)14-4-5-23(27)24-20-8-12-21(13-9-20)25-15-17-30-18-16-25/h6-13H,3-5,14-18H2,1-2H3,(H,24,27). The lowest BCUT2D eigenvalue weighted by Crippen LogP contribution is -2.36. The fourth-order valence-corrected chi connectivity index (χ4v) is 4.53. The molecule has 2 aromatic carbocycles. The van der Waals surface area contributed by atoms with Gasteiger partial charge in [0.15, 0.2) is 0 Å². The number of carbonyl (C=O) groups is 1. The smallest absolute Gasteiger partial charge is 0.232 e. The number of hydrogen-bond donors (Lipinski definition) is 1. The molecular formula is C23H31N3O4S. The zero-order chi connectivity index (χ0) is 22.3. The van der Waals surface area contributed by atoms with E-state index in [4.69, 9.17) is 4.74 Å². The molecule has 168 valence electrons. The Bertz CT molecular complexity index is 953. The summed E-state index contributed by atoms with van der Waals surface area (Å²) in [4.78, 5) is 14.6. The highest BCUT2D eigenvalue weighted by atomic mass is 32.2. The minimum Gasteiger partial charge on any atom is -0.378 e. The topological polar surface area (TPSA) is 79.0 Å². The monoisotopic (exact) mass is 445 g/mol. The summed E-state index contributed by atoms with van der Waals surface area (Å²) in [5.74, 6) is -0.131. The fourth-order valence-electron chi connectivity index (χ4n) is 3.57. The van der Waals surface area contributed by atoms with Gasteiger partial charge in [-0.3, -0.25) is 9.10 Å². The van der Waals surface area contributed by atoms with Crippen molar-refractivity contribution in [1.82, 2.24) is 0 Å². The first-order valence-corrected chi connectivity index (χ1v) is 12.5. The van der Waals surface area contributed by atoms with Crippen LogP contribution in [0, 0.1) is 0 Å². The van der Waals surface area contributed by atoms with E-state index in [2.05, 4.69) is 17.1 Å². The number of nitrogens with zero attached hydrogens (tertiary/aromatic N) is 2. The maximum atomic E-state index is 12.3. The molecular weight excluding hydrogens is 414 g/mol. The largest absolute Gasteiger partial charge is 0.378 e. The molecule has 0 bridgehead atoms. The van der Waals surface area contributed by atoms with Crippen molar-refractivity contribution < 1.29 is 17.9 Å². The number of hydrogen-bond acceptors (Lipinski definition) is 5. The van der Waals surface area contributed by atoms with Crippen LogP contribution in [0.4, 0.5) is 17.1 Å². The van der Waals surface area contributed by atoms with Crippen LogP contribution in [0.1, 0.15) is 25.3 Å². The van der Waals surface area contributed by atoms with Crippen LogP contribution in [-0.4, -0.2) is 53.4 Å². The Balaban J connectivity index is 1.51. The second-order valence-electron chi connectivity index (χ2n) is 7.65. The summed E-state index contributed by atoms with van der Waals surface area (Å²) in [6, 6.07) is 15.3. The lowest BCUT2D eigenvalue weighted by Gasteiger charge is -2.28. The van der Waals surface area contributed by atoms with Gasteiger partial charge in [-0.05, 0) is 54.8 Å². The van der Waals surface area contributed by atoms with Crippen molar-refractivity contribution in [3.8, 4) is 0 Å². The molecule has 7 nitrogen and oxygen atoms in total. The highest BCUT2D eigenvalue weighted by Gasteiger charge is 2.18. The molecule has 1 aliphatic rings. The molecule has 0 saturated carbocycles. The van der Waals surface area contributed by atoms with E-state index < -0.39 is 10.0 Å². The first kappa shape index (κ1) is 23.1. The predicted octanol–water partition coefficient (Wildman–Crippen LogP) is 3.27. The summed E-state index contributed by atoms with van der Waals surface area (Å²) in [5.41, 5.74) is 3.62. The molecule has 31 heavy (non-hydrogen) atoms. The number of morpholine rings is 1. The van der Waals surface area contributed by atoms with Crippen molar-refractivity contribution in [1.29, 1.82) is 0 Å². The van der Waals surface area contributed by atoms with Gasteiger partial charge in [0.1, 0.15) is 0 Å². The van der Waals surface area contributed by atoms with E-state index in [1.165, 1.54) is 10.6 Å². The molecule has 1 N–H and O–H groups in total. The van der Waals surface area contributed by atoms with E-state index in [1.54, 1.807) is 0 Å². The van der Waals surface area contributed by atoms with Crippen molar-refractivity contribution in [3.05, 3.63) is 54.1 Å². The van der Waals surface area contributed by atoms with Crippen molar-refractivity contribution in [2.45, 2.75) is 26.2 Å². The Morgan fingerprint density at radius 1 is 1.06 bits per heavy atom. The van der Waals surface area contributed by atoms with Crippen LogP contribution >= 0.6 is 0 Å². The third kappa shape index (κ3) is 6.70. The van der Waals surface area contributed by atoms with Gasteiger partial charge in [-0.25, -0.2) is 8.42 Å². The molecule has 1 heterocycles. The molecule has 1 aliphatic heterocycles. The number of benzene rings is 2. The third-order valence-electron chi connectivity index (χ3n) is 5.33. The summed E-state index contributed by atoms with van der Waals surface area (Å²) in [7, 11) is -3.42. The predicted molar refractivity (Wildman–Crippen MR) is 125 cm³/mol. The third-order valence-corrected chi connectivity index (χ3v) is 6.52. The van der Waals surface area contributed by atoms with Gasteiger partial charge in [0, 0.05) is 37.4 Å². The molecule has 1 saturated heterocycles. The minimum atomic E-state index is -3.42. The Hall–Kier alpha value is -2.58. The van der Waals surface area contributed by atoms with Crippen LogP contribution < -0.4 is 14.5 Å². The molecule has 3 rings (SSSR count). The number of aryl methyl sites for hydroxylation is 1. The van der Waals surface area contributed by atoms with Crippen LogP contribution in [0.3, 0.4) is 0 Å². The number of ether oxygens (including phenoxy) is 1. The highest BCUT2D eigenvalue weighted by molar-refractivity contribution is 7.92. The molecule has 0 aliphatic carbocycles. The zero-order valence-electron chi connectivity index (χ0n) is 18.2. The number of carbonyl (C=O) groups excluding carboxylic acids is 1. The average molecular weight is 446 g/mol. The van der Waals surface area contributed by atoms with E-state index in [-0.39, 0.29) is 18.9 Å². The molecule has 8 heteroatoms. The Kier molecular flexibility index (Phi) is 7.92. The van der Waals surface area contributed by atoms with E-state index in [1.807, 2.05) is 48.5 Å². The first-order valence-electron chi connectivity index (χ1n) is 10.7. The maximum absolute atomic E-state index is 12.3. The van der Waals surface area contributed by atoms with Crippen molar-refractivity contribution in [2.75, 3.05) is 53.6 Å². The molecule has 0 radical (unpaired) electrons. The Labute approximate surface area is 185 Å². The number of nitrogens with one attached hydrogen (secondary N) is 1. The molecule has 0 atom stereocenters. The quantitative estimate of drug-likeness (QED) is 0.641. The summed E-state index contributed by atoms with van der Waals surface area (Å²) in [6.07, 6.45) is 2.76. The summed E-state index contributed by atoms with van der Waals surface area (Å²) in [6.45, 7) is 5.50. The van der Waals surface area contributed by atoms with Gasteiger partial charge in [0.25, 0.3) is 0 Å². The number of amides is 1. The van der Waals surface area contributed by atoms with E-state index in [0.717, 1.165) is 49.7 Å². The van der Waals surface area contributed by atoms with Gasteiger partial charge in [0.2, 0.25) is 15.9 Å². The van der Waals surface area contributed by atoms with Gasteiger partial charge in [-0.15, -0.1) is 0 Å². The maximum Gasteiger partial charge on any atom is 0.232 e. The summed E-state index contributed by atoms with van der Waals surface area (Å²) < 4.78 is 31.2. The summed E-state index contributed by atoms with van der Waals surface area (Å²) >= 11 is 0. The first-order chi connectivity index (χ1) is 14.9. The van der Waals surface area contributed by atoms with E-state index >= 15 is 0 Å². The molecule has 0 aromatic heterocycles. The highest BCUT2D eigenvalue weighted by Crippen LogP contribution is 2.21. The zero-order valence-corrected chi connectivity index (χ0v) is 19.0. The Morgan fingerprint density at radius 3 is 2.29 bits per heavy atom. The van der Waals surface area contributed by atoms with Gasteiger partial charge in [-0.1, -0.05) is 19.1 Å². The molecule has 0 unspecified atom stereocenters. The normalized spacial score (nSPS) is 14.3. The van der Waals surface area contributed by atoms with Crippen molar-refractivity contribution in [2.24, 2.45) is 0 Å². The molecule has 1 amide bonds. The van der Waals surface area contributed by atoms with Crippen LogP contribution in [-0.2, 0) is 26.0 Å². The second-order valence-corrected chi connectivity index (χ2v) is 9.56. The Morgan fingerprint density at radius 2 is 1.71 bits per heavy atom. The minimum absolute atomic E-state index is 0.131. The number of anilines is 3. The van der Waals surface area contributed by atoms with Crippen LogP contribution in [0.25, 0.3) is 0 Å². The van der Waals surface area contributed by atoms with Crippen LogP contribution in [0.5, 0.6) is 0 Å². The fraction of sp³-hybridized carbons (Fsp3) is 0.435. The number of rotatable bonds is 9. The summed E-state index contributed by atoms with van der Waals surface area (Å²) in [5, 5.41) is 2.89. The van der Waals surface area contributed by atoms with Gasteiger partial charge >= 0.3 is 0 Å². The van der Waals surface area contributed by atoms with Crippen molar-refractivity contribution >= 4 is 33.0 Å². The van der Waals surface area contributed by atoms with E-state index in [0.29, 0.717) is 12.1 Å². The van der Waals surface area contributed by atoms with Crippen LogP contribution in [0.15, 0.2) is 48.5 Å². The molecule has 2 aromatic rings. The van der Waals surface area contributed by atoms with Gasteiger partial charge in [0.05, 0.1) is 25.2 Å². The van der Waals surface area contributed by atoms with Gasteiger partial charge < -0.3 is 15.0 Å². The molecule has 0 spiro atoms. The lowest BCUT2D eigenvalue weighted by atomic mass is 10.1. The van der Waals surface area contributed by atoms with Crippen molar-refractivity contribution in [3.63, 3.8) is 0 Å². The average Bonchev–Trinajstić information content (AvgIpc) is 2.77. The van der Waals surface area contributed by atoms with Gasteiger partial charge in [-0.2, -0.15) is 0 Å². The van der Waals surface area contributed by atoms with E-state index in [9.17, 15) is 13.2 Å². The second kappa shape index (κ2) is 10.6. The molecule has 1 fully saturated rings.